The van der Waals surface area contributed by atoms with E-state index < -0.39 is 6.10 Å². The molecule has 4 rings (SSSR count). The first kappa shape index (κ1) is 23.0. The normalized spacial score (nSPS) is 12.4. The van der Waals surface area contributed by atoms with Crippen LogP contribution in [0.4, 0.5) is 0 Å². The molecule has 0 saturated carbocycles. The molecule has 0 aliphatic heterocycles. The van der Waals surface area contributed by atoms with Crippen LogP contribution in [0.2, 0.25) is 0 Å². The van der Waals surface area contributed by atoms with Crippen LogP contribution in [0, 0.1) is 0 Å². The highest BCUT2D eigenvalue weighted by Gasteiger charge is 2.13. The third-order valence-electron chi connectivity index (χ3n) is 5.43. The number of aromatic nitrogens is 6. The van der Waals surface area contributed by atoms with Gasteiger partial charge < -0.3 is 15.2 Å². The highest BCUT2D eigenvalue weighted by molar-refractivity contribution is 7.99. The number of fused-ring (bicyclic) bond motifs is 1. The molecule has 0 fully saturated rings. The molecule has 2 heterocycles. The topological polar surface area (TPSA) is 112 Å². The van der Waals surface area contributed by atoms with Gasteiger partial charge in [-0.25, -0.2) is 9.48 Å². The summed E-state index contributed by atoms with van der Waals surface area (Å²) in [6, 6.07) is 13.3. The van der Waals surface area contributed by atoms with Crippen LogP contribution in [-0.4, -0.2) is 53.4 Å². The smallest absolute Gasteiger partial charge is 0.328 e. The first-order valence-electron chi connectivity index (χ1n) is 10.5. The standard InChI is InChI=1S/C22H27N7O3S/c1-27-18-9-6-16(12-19(18)28(2)22(27)31)20(30)14-32-17-7-4-15(5-8-17)13-23-10-11-33-21-24-25-26-29(21)3/h4-9,12,20,23,30H,10-11,13-14H2,1-3H3. The van der Waals surface area contributed by atoms with E-state index in [0.717, 1.165) is 40.6 Å². The molecule has 2 aromatic heterocycles. The van der Waals surface area contributed by atoms with Crippen molar-refractivity contribution in [2.45, 2.75) is 17.8 Å². The molecule has 0 bridgehead atoms. The van der Waals surface area contributed by atoms with Crippen molar-refractivity contribution in [3.05, 3.63) is 64.1 Å². The maximum atomic E-state index is 12.1. The van der Waals surface area contributed by atoms with E-state index in [1.54, 1.807) is 39.7 Å². The van der Waals surface area contributed by atoms with E-state index >= 15 is 0 Å². The van der Waals surface area contributed by atoms with E-state index in [2.05, 4.69) is 20.8 Å². The third-order valence-corrected chi connectivity index (χ3v) is 6.44. The molecule has 2 aromatic carbocycles. The lowest BCUT2D eigenvalue weighted by Crippen LogP contribution is -2.19. The van der Waals surface area contributed by atoms with Crippen molar-refractivity contribution in [2.24, 2.45) is 21.1 Å². The summed E-state index contributed by atoms with van der Waals surface area (Å²) in [7, 11) is 5.28. The first-order chi connectivity index (χ1) is 15.9. The maximum Gasteiger partial charge on any atom is 0.328 e. The van der Waals surface area contributed by atoms with Crippen LogP contribution in [0.15, 0.2) is 52.4 Å². The predicted octanol–water partition coefficient (Wildman–Crippen LogP) is 1.39. The zero-order valence-electron chi connectivity index (χ0n) is 18.8. The summed E-state index contributed by atoms with van der Waals surface area (Å²) in [5, 5.41) is 26.1. The number of aliphatic hydroxyl groups is 1. The molecular formula is C22H27N7O3S. The summed E-state index contributed by atoms with van der Waals surface area (Å²) >= 11 is 1.60. The largest absolute Gasteiger partial charge is 0.491 e. The van der Waals surface area contributed by atoms with Gasteiger partial charge in [0, 0.05) is 40.0 Å². The molecule has 33 heavy (non-hydrogen) atoms. The number of nitrogens with zero attached hydrogens (tertiary/aromatic N) is 6. The molecule has 2 N–H and O–H groups in total. The molecule has 4 aromatic rings. The van der Waals surface area contributed by atoms with E-state index in [-0.39, 0.29) is 12.3 Å². The zero-order chi connectivity index (χ0) is 23.4. The van der Waals surface area contributed by atoms with Crippen molar-refractivity contribution in [2.75, 3.05) is 18.9 Å². The average molecular weight is 470 g/mol. The monoisotopic (exact) mass is 469 g/mol. The number of hydrogen-bond donors (Lipinski definition) is 2. The molecule has 0 saturated heterocycles. The van der Waals surface area contributed by atoms with Crippen molar-refractivity contribution >= 4 is 22.8 Å². The van der Waals surface area contributed by atoms with Crippen molar-refractivity contribution in [3.63, 3.8) is 0 Å². The number of rotatable bonds is 10. The van der Waals surface area contributed by atoms with Crippen molar-refractivity contribution < 1.29 is 9.84 Å². The van der Waals surface area contributed by atoms with E-state index in [1.165, 1.54) is 0 Å². The molecule has 0 amide bonds. The van der Waals surface area contributed by atoms with Gasteiger partial charge in [0.1, 0.15) is 18.5 Å². The average Bonchev–Trinajstić information content (AvgIpc) is 3.34. The predicted molar refractivity (Wildman–Crippen MR) is 126 cm³/mol. The zero-order valence-corrected chi connectivity index (χ0v) is 19.6. The fourth-order valence-corrected chi connectivity index (χ4v) is 4.24. The third kappa shape index (κ3) is 5.27. The first-order valence-corrected chi connectivity index (χ1v) is 11.5. The lowest BCUT2D eigenvalue weighted by atomic mass is 10.1. The number of imidazole rings is 1. The summed E-state index contributed by atoms with van der Waals surface area (Å²) in [4.78, 5) is 12.1. The Bertz CT molecular complexity index is 1280. The Morgan fingerprint density at radius 2 is 1.85 bits per heavy atom. The minimum Gasteiger partial charge on any atom is -0.491 e. The molecule has 0 aliphatic carbocycles. The Hall–Kier alpha value is -3.15. The lowest BCUT2D eigenvalue weighted by molar-refractivity contribution is 0.108. The molecule has 10 nitrogen and oxygen atoms in total. The molecule has 0 spiro atoms. The summed E-state index contributed by atoms with van der Waals surface area (Å²) in [6.45, 7) is 1.70. The van der Waals surface area contributed by atoms with E-state index in [1.807, 2.05) is 49.5 Å². The van der Waals surface area contributed by atoms with E-state index in [4.69, 9.17) is 4.74 Å². The molecule has 0 radical (unpaired) electrons. The number of ether oxygens (including phenoxy) is 1. The van der Waals surface area contributed by atoms with Crippen LogP contribution >= 0.6 is 11.8 Å². The number of nitrogens with one attached hydrogen (secondary N) is 1. The molecule has 0 aliphatic rings. The molecule has 1 atom stereocenters. The van der Waals surface area contributed by atoms with Crippen LogP contribution in [0.25, 0.3) is 11.0 Å². The number of benzene rings is 2. The number of aliphatic hydroxyl groups excluding tert-OH is 1. The second-order valence-corrected chi connectivity index (χ2v) is 8.79. The quantitative estimate of drug-likeness (QED) is 0.265. The highest BCUT2D eigenvalue weighted by atomic mass is 32.2. The van der Waals surface area contributed by atoms with Gasteiger partial charge in [-0.05, 0) is 45.8 Å². The number of thioether (sulfide) groups is 1. The molecule has 11 heteroatoms. The summed E-state index contributed by atoms with van der Waals surface area (Å²) in [6.07, 6.45) is -0.798. The van der Waals surface area contributed by atoms with Gasteiger partial charge >= 0.3 is 5.69 Å². The number of tetrazole rings is 1. The van der Waals surface area contributed by atoms with Crippen LogP contribution in [-0.2, 0) is 27.7 Å². The van der Waals surface area contributed by atoms with Gasteiger partial charge in [0.05, 0.1) is 11.0 Å². The minimum absolute atomic E-state index is 0.0936. The highest BCUT2D eigenvalue weighted by Crippen LogP contribution is 2.21. The van der Waals surface area contributed by atoms with Gasteiger partial charge in [0.2, 0.25) is 5.16 Å². The molecule has 1 unspecified atom stereocenters. The fraction of sp³-hybridized carbons (Fsp3) is 0.364. The Morgan fingerprint density at radius 1 is 1.09 bits per heavy atom. The van der Waals surface area contributed by atoms with Crippen molar-refractivity contribution in [1.29, 1.82) is 0 Å². The van der Waals surface area contributed by atoms with Gasteiger partial charge in [0.25, 0.3) is 0 Å². The Balaban J connectivity index is 1.24. The fourth-order valence-electron chi connectivity index (χ4n) is 3.50. The van der Waals surface area contributed by atoms with Crippen molar-refractivity contribution in [3.8, 4) is 5.75 Å². The molecular weight excluding hydrogens is 442 g/mol. The molecule has 174 valence electrons. The summed E-state index contributed by atoms with van der Waals surface area (Å²) < 4.78 is 10.6. The number of aryl methyl sites for hydroxylation is 3. The van der Waals surface area contributed by atoms with Crippen LogP contribution in [0.3, 0.4) is 0 Å². The van der Waals surface area contributed by atoms with Crippen LogP contribution in [0.5, 0.6) is 5.75 Å². The van der Waals surface area contributed by atoms with Gasteiger partial charge in [-0.3, -0.25) is 9.13 Å². The van der Waals surface area contributed by atoms with Crippen LogP contribution in [0.1, 0.15) is 17.2 Å². The summed E-state index contributed by atoms with van der Waals surface area (Å²) in [5.41, 5.74) is 3.36. The van der Waals surface area contributed by atoms with Gasteiger partial charge in [-0.2, -0.15) is 0 Å². The SMILES string of the molecule is Cn1nnnc1SCCNCc1ccc(OCC(O)c2ccc3c(c2)n(C)c(=O)n3C)cc1. The van der Waals surface area contributed by atoms with E-state index in [0.29, 0.717) is 11.3 Å². The summed E-state index contributed by atoms with van der Waals surface area (Å²) in [5.74, 6) is 1.56. The lowest BCUT2D eigenvalue weighted by Gasteiger charge is -2.13. The van der Waals surface area contributed by atoms with Crippen molar-refractivity contribution in [1.82, 2.24) is 34.7 Å². The Morgan fingerprint density at radius 3 is 2.58 bits per heavy atom. The van der Waals surface area contributed by atoms with Crippen LogP contribution < -0.4 is 15.7 Å². The second kappa shape index (κ2) is 10.2. The van der Waals surface area contributed by atoms with Gasteiger partial charge in [-0.1, -0.05) is 30.0 Å². The van der Waals surface area contributed by atoms with Gasteiger partial charge in [-0.15, -0.1) is 5.10 Å². The maximum absolute atomic E-state index is 12.1. The minimum atomic E-state index is -0.798. The Labute approximate surface area is 195 Å². The van der Waals surface area contributed by atoms with E-state index in [9.17, 15) is 9.90 Å². The van der Waals surface area contributed by atoms with Gasteiger partial charge in [0.15, 0.2) is 0 Å². The second-order valence-electron chi connectivity index (χ2n) is 7.73. The number of hydrogen-bond acceptors (Lipinski definition) is 8. The Kier molecular flexibility index (Phi) is 7.11.